The standard InChI is InChI=1S/C30H55N2O7P/c1-3-5-7-9-11-12-13-14-16-17-19-21-27(33)25-30(35)32-28(26-39-40(36,37)38-24-23-31)29(34)22-20-18-15-10-8-6-4-2/h8,10,14,16,19-22,27-29,33-34H,3-7,9,11-13,15,17-18,23-26,31H2,1-2H3,(H,32,35)(H,36,37)/b10-8+,16-14-,21-19-,22-20+. The molecule has 4 atom stereocenters. The zero-order valence-corrected chi connectivity index (χ0v) is 25.6. The van der Waals surface area contributed by atoms with E-state index in [2.05, 4.69) is 37.4 Å². The molecule has 0 radical (unpaired) electrons. The Kier molecular flexibility index (Phi) is 25.3. The summed E-state index contributed by atoms with van der Waals surface area (Å²) >= 11 is 0. The molecule has 0 saturated carbocycles. The lowest BCUT2D eigenvalue weighted by atomic mass is 10.1. The smallest absolute Gasteiger partial charge is 0.389 e. The monoisotopic (exact) mass is 586 g/mol. The average Bonchev–Trinajstić information content (AvgIpc) is 2.92. The van der Waals surface area contributed by atoms with E-state index in [9.17, 15) is 24.5 Å². The molecule has 0 aromatic rings. The van der Waals surface area contributed by atoms with Crippen LogP contribution in [-0.2, 0) is 18.4 Å². The van der Waals surface area contributed by atoms with E-state index in [-0.39, 0.29) is 19.6 Å². The van der Waals surface area contributed by atoms with Gasteiger partial charge in [-0.1, -0.05) is 101 Å². The Morgan fingerprint density at radius 2 is 1.52 bits per heavy atom. The number of carbonyl (C=O) groups excluding carboxylic acids is 1. The molecule has 0 aliphatic carbocycles. The number of phosphoric acid groups is 1. The number of hydrogen-bond donors (Lipinski definition) is 5. The summed E-state index contributed by atoms with van der Waals surface area (Å²) in [7, 11) is -4.40. The van der Waals surface area contributed by atoms with Crippen LogP contribution in [0.1, 0.15) is 97.3 Å². The van der Waals surface area contributed by atoms with Gasteiger partial charge in [-0.25, -0.2) is 4.57 Å². The van der Waals surface area contributed by atoms with Gasteiger partial charge in [0.1, 0.15) is 0 Å². The van der Waals surface area contributed by atoms with Gasteiger partial charge < -0.3 is 26.2 Å². The van der Waals surface area contributed by atoms with Crippen molar-refractivity contribution in [3.63, 3.8) is 0 Å². The van der Waals surface area contributed by atoms with Crippen molar-refractivity contribution < 1.29 is 33.5 Å². The quantitative estimate of drug-likeness (QED) is 0.0498. The zero-order chi connectivity index (χ0) is 29.9. The molecule has 4 unspecified atom stereocenters. The lowest BCUT2D eigenvalue weighted by Crippen LogP contribution is -2.46. The number of rotatable bonds is 26. The first kappa shape index (κ1) is 38.4. The topological polar surface area (TPSA) is 151 Å². The van der Waals surface area contributed by atoms with E-state index in [4.69, 9.17) is 14.8 Å². The van der Waals surface area contributed by atoms with Crippen LogP contribution in [0.4, 0.5) is 0 Å². The minimum Gasteiger partial charge on any atom is -0.389 e. The van der Waals surface area contributed by atoms with E-state index < -0.39 is 38.6 Å². The predicted octanol–water partition coefficient (Wildman–Crippen LogP) is 5.62. The Labute approximate surface area is 242 Å². The van der Waals surface area contributed by atoms with Crippen LogP contribution in [0.3, 0.4) is 0 Å². The van der Waals surface area contributed by atoms with Gasteiger partial charge in [-0.15, -0.1) is 0 Å². The summed E-state index contributed by atoms with van der Waals surface area (Å²) in [4.78, 5) is 22.3. The Balaban J connectivity index is 4.73. The van der Waals surface area contributed by atoms with Crippen molar-refractivity contribution in [2.45, 2.75) is 116 Å². The summed E-state index contributed by atoms with van der Waals surface area (Å²) in [6, 6.07) is -1.03. The summed E-state index contributed by atoms with van der Waals surface area (Å²) in [6.45, 7) is 3.71. The lowest BCUT2D eigenvalue weighted by Gasteiger charge is -2.23. The van der Waals surface area contributed by atoms with Crippen LogP contribution >= 0.6 is 7.82 Å². The molecule has 0 fully saturated rings. The van der Waals surface area contributed by atoms with Gasteiger partial charge in [0.15, 0.2) is 0 Å². The molecule has 0 saturated heterocycles. The lowest BCUT2D eigenvalue weighted by molar-refractivity contribution is -0.124. The number of carbonyl (C=O) groups is 1. The maximum Gasteiger partial charge on any atom is 0.472 e. The van der Waals surface area contributed by atoms with Crippen LogP contribution in [0, 0.1) is 0 Å². The maximum absolute atomic E-state index is 12.5. The van der Waals surface area contributed by atoms with Crippen molar-refractivity contribution in [1.82, 2.24) is 5.32 Å². The van der Waals surface area contributed by atoms with Crippen molar-refractivity contribution in [2.75, 3.05) is 19.8 Å². The van der Waals surface area contributed by atoms with Crippen LogP contribution in [0.15, 0.2) is 48.6 Å². The van der Waals surface area contributed by atoms with Gasteiger partial charge in [-0.2, -0.15) is 0 Å². The number of unbranched alkanes of at least 4 members (excludes halogenated alkanes) is 8. The van der Waals surface area contributed by atoms with Gasteiger partial charge in [0, 0.05) is 6.54 Å². The fraction of sp³-hybridized carbons (Fsp3) is 0.700. The number of hydrogen-bond acceptors (Lipinski definition) is 7. The third-order valence-electron chi connectivity index (χ3n) is 5.92. The molecule has 232 valence electrons. The SMILES string of the molecule is CCC/C=C/CC/C=C/C(O)C(COP(=O)(O)OCCN)NC(=O)CC(O)/C=C\C/C=C\CCCCCCCC. The van der Waals surface area contributed by atoms with Crippen molar-refractivity contribution >= 4 is 13.7 Å². The number of nitrogens with two attached hydrogens (primary N) is 1. The van der Waals surface area contributed by atoms with Crippen molar-refractivity contribution in [2.24, 2.45) is 5.73 Å². The van der Waals surface area contributed by atoms with Crippen LogP contribution in [0.25, 0.3) is 0 Å². The van der Waals surface area contributed by atoms with Crippen LogP contribution < -0.4 is 11.1 Å². The van der Waals surface area contributed by atoms with E-state index in [0.717, 1.165) is 25.7 Å². The first-order valence-corrected chi connectivity index (χ1v) is 16.4. The number of aliphatic hydroxyl groups is 2. The van der Waals surface area contributed by atoms with E-state index in [0.29, 0.717) is 12.8 Å². The van der Waals surface area contributed by atoms with Crippen LogP contribution in [-0.4, -0.2) is 59.0 Å². The third-order valence-corrected chi connectivity index (χ3v) is 6.90. The minimum atomic E-state index is -4.40. The van der Waals surface area contributed by atoms with Crippen molar-refractivity contribution in [3.8, 4) is 0 Å². The number of phosphoric ester groups is 1. The predicted molar refractivity (Wildman–Crippen MR) is 163 cm³/mol. The Bertz CT molecular complexity index is 786. The highest BCUT2D eigenvalue weighted by Gasteiger charge is 2.27. The van der Waals surface area contributed by atoms with Crippen LogP contribution in [0.2, 0.25) is 0 Å². The number of nitrogens with one attached hydrogen (secondary N) is 1. The summed E-state index contributed by atoms with van der Waals surface area (Å²) in [5, 5.41) is 23.4. The van der Waals surface area contributed by atoms with Gasteiger partial charge in [-0.05, 0) is 38.5 Å². The van der Waals surface area contributed by atoms with Gasteiger partial charge in [0.25, 0.3) is 0 Å². The summed E-state index contributed by atoms with van der Waals surface area (Å²) < 4.78 is 21.7. The highest BCUT2D eigenvalue weighted by atomic mass is 31.2. The number of aliphatic hydroxyl groups excluding tert-OH is 2. The molecule has 0 aromatic heterocycles. The largest absolute Gasteiger partial charge is 0.472 e. The molecule has 0 spiro atoms. The molecular weight excluding hydrogens is 531 g/mol. The summed E-state index contributed by atoms with van der Waals surface area (Å²) in [5.41, 5.74) is 5.29. The molecule has 0 aliphatic rings. The zero-order valence-electron chi connectivity index (χ0n) is 24.7. The van der Waals surface area contributed by atoms with Gasteiger partial charge in [0.2, 0.25) is 5.91 Å². The maximum atomic E-state index is 12.5. The normalized spacial score (nSPS) is 16.2. The van der Waals surface area contributed by atoms with Gasteiger partial charge in [-0.3, -0.25) is 13.8 Å². The number of amides is 1. The molecule has 1 amide bonds. The molecule has 0 heterocycles. The van der Waals surface area contributed by atoms with E-state index in [1.807, 2.05) is 6.08 Å². The fourth-order valence-electron chi connectivity index (χ4n) is 3.66. The highest BCUT2D eigenvalue weighted by molar-refractivity contribution is 7.47. The highest BCUT2D eigenvalue weighted by Crippen LogP contribution is 2.43. The summed E-state index contributed by atoms with van der Waals surface area (Å²) in [6.07, 6.45) is 25.5. The first-order valence-electron chi connectivity index (χ1n) is 14.9. The second-order valence-corrected chi connectivity index (χ2v) is 11.2. The Hall–Kier alpha value is -1.58. The Morgan fingerprint density at radius 1 is 0.850 bits per heavy atom. The van der Waals surface area contributed by atoms with E-state index in [1.54, 1.807) is 18.2 Å². The van der Waals surface area contributed by atoms with Crippen LogP contribution in [0.5, 0.6) is 0 Å². The molecule has 0 rings (SSSR count). The molecule has 0 bridgehead atoms. The fourth-order valence-corrected chi connectivity index (χ4v) is 4.42. The van der Waals surface area contributed by atoms with Gasteiger partial charge in [0.05, 0.1) is 37.9 Å². The molecule has 0 aromatic carbocycles. The van der Waals surface area contributed by atoms with Gasteiger partial charge >= 0.3 is 7.82 Å². The molecule has 6 N–H and O–H groups in total. The Morgan fingerprint density at radius 3 is 2.25 bits per heavy atom. The molecule has 0 aliphatic heterocycles. The van der Waals surface area contributed by atoms with Crippen molar-refractivity contribution in [1.29, 1.82) is 0 Å². The number of allylic oxidation sites excluding steroid dienone is 6. The third kappa shape index (κ3) is 24.2. The first-order chi connectivity index (χ1) is 19.3. The minimum absolute atomic E-state index is 0.0342. The van der Waals surface area contributed by atoms with E-state index >= 15 is 0 Å². The average molecular weight is 587 g/mol. The molecule has 40 heavy (non-hydrogen) atoms. The molecular formula is C30H55N2O7P. The van der Waals surface area contributed by atoms with Crippen molar-refractivity contribution in [3.05, 3.63) is 48.6 Å². The molecule has 10 heteroatoms. The van der Waals surface area contributed by atoms with E-state index in [1.165, 1.54) is 44.6 Å². The molecule has 9 nitrogen and oxygen atoms in total. The second kappa shape index (κ2) is 26.3. The second-order valence-electron chi connectivity index (χ2n) is 9.78. The summed E-state index contributed by atoms with van der Waals surface area (Å²) in [5.74, 6) is -0.532.